The molecule has 1 aromatic rings. The highest BCUT2D eigenvalue weighted by atomic mass is 32.2. The van der Waals surface area contributed by atoms with Crippen molar-refractivity contribution in [3.8, 4) is 0 Å². The van der Waals surface area contributed by atoms with E-state index in [1.54, 1.807) is 4.31 Å². The molecule has 1 aliphatic rings. The van der Waals surface area contributed by atoms with Crippen molar-refractivity contribution in [3.05, 3.63) is 17.0 Å². The maximum atomic E-state index is 12.7. The van der Waals surface area contributed by atoms with Gasteiger partial charge in [0.1, 0.15) is 4.21 Å². The van der Waals surface area contributed by atoms with Gasteiger partial charge >= 0.3 is 0 Å². The van der Waals surface area contributed by atoms with Crippen molar-refractivity contribution in [2.75, 3.05) is 18.8 Å². The van der Waals surface area contributed by atoms with Crippen LogP contribution in [0.4, 0.5) is 0 Å². The van der Waals surface area contributed by atoms with E-state index in [0.29, 0.717) is 16.0 Å². The molecule has 1 saturated heterocycles. The monoisotopic (exact) mass is 334 g/mol. The highest BCUT2D eigenvalue weighted by Crippen LogP contribution is 2.31. The number of rotatable bonds is 5. The number of nitrogens with zero attached hydrogens (tertiary/aromatic N) is 1. The van der Waals surface area contributed by atoms with Crippen molar-refractivity contribution in [2.45, 2.75) is 42.8 Å². The standard InChI is InChI=1S/C13H22N2O2S3/c1-4-14-8-12-7-13(19-9-12)20(16,17)15-5-6-18-11(3)10(15)2/h7,9-11,14H,4-6,8H2,1-3H3. The minimum atomic E-state index is -3.34. The summed E-state index contributed by atoms with van der Waals surface area (Å²) in [6.45, 7) is 8.36. The van der Waals surface area contributed by atoms with Crippen LogP contribution in [0.25, 0.3) is 0 Å². The van der Waals surface area contributed by atoms with Gasteiger partial charge in [0.2, 0.25) is 0 Å². The van der Waals surface area contributed by atoms with Crippen LogP contribution >= 0.6 is 23.1 Å². The van der Waals surface area contributed by atoms with E-state index in [-0.39, 0.29) is 6.04 Å². The van der Waals surface area contributed by atoms with Gasteiger partial charge in [-0.25, -0.2) is 8.42 Å². The topological polar surface area (TPSA) is 49.4 Å². The van der Waals surface area contributed by atoms with Gasteiger partial charge in [0.15, 0.2) is 0 Å². The van der Waals surface area contributed by atoms with Crippen LogP contribution in [0.3, 0.4) is 0 Å². The van der Waals surface area contributed by atoms with Gasteiger partial charge in [-0.3, -0.25) is 0 Å². The summed E-state index contributed by atoms with van der Waals surface area (Å²) in [7, 11) is -3.34. The molecule has 0 aliphatic carbocycles. The molecule has 7 heteroatoms. The van der Waals surface area contributed by atoms with Gasteiger partial charge < -0.3 is 5.32 Å². The molecule has 0 radical (unpaired) electrons. The van der Waals surface area contributed by atoms with E-state index >= 15 is 0 Å². The molecule has 2 rings (SSSR count). The predicted molar refractivity (Wildman–Crippen MR) is 87.0 cm³/mol. The van der Waals surface area contributed by atoms with E-state index in [1.165, 1.54) is 11.3 Å². The first-order valence-corrected chi connectivity index (χ1v) is 10.2. The van der Waals surface area contributed by atoms with Crippen LogP contribution in [0, 0.1) is 0 Å². The summed E-state index contributed by atoms with van der Waals surface area (Å²) in [6, 6.07) is 1.86. The zero-order chi connectivity index (χ0) is 14.8. The summed E-state index contributed by atoms with van der Waals surface area (Å²) in [4.78, 5) is 0. The lowest BCUT2D eigenvalue weighted by Crippen LogP contribution is -2.47. The largest absolute Gasteiger partial charge is 0.313 e. The molecule has 1 N–H and O–H groups in total. The first-order valence-electron chi connectivity index (χ1n) is 6.88. The maximum Gasteiger partial charge on any atom is 0.252 e. The fourth-order valence-corrected chi connectivity index (χ4v) is 6.54. The van der Waals surface area contributed by atoms with Crippen molar-refractivity contribution in [2.24, 2.45) is 0 Å². The Morgan fingerprint density at radius 3 is 2.90 bits per heavy atom. The molecular formula is C13H22N2O2S3. The average molecular weight is 335 g/mol. The summed E-state index contributed by atoms with van der Waals surface area (Å²) >= 11 is 3.17. The molecule has 1 aromatic heterocycles. The minimum Gasteiger partial charge on any atom is -0.313 e. The Labute approximate surface area is 130 Å². The molecule has 0 saturated carbocycles. The van der Waals surface area contributed by atoms with Gasteiger partial charge in [-0.15, -0.1) is 11.3 Å². The Morgan fingerprint density at radius 2 is 2.20 bits per heavy atom. The van der Waals surface area contributed by atoms with Gasteiger partial charge in [0.05, 0.1) is 0 Å². The molecule has 0 aromatic carbocycles. The number of hydrogen-bond acceptors (Lipinski definition) is 5. The number of nitrogens with one attached hydrogen (secondary N) is 1. The van der Waals surface area contributed by atoms with E-state index in [1.807, 2.05) is 37.1 Å². The summed E-state index contributed by atoms with van der Waals surface area (Å²) in [5, 5.41) is 5.50. The lowest BCUT2D eigenvalue weighted by Gasteiger charge is -2.35. The average Bonchev–Trinajstić information content (AvgIpc) is 2.89. The molecule has 20 heavy (non-hydrogen) atoms. The Balaban J connectivity index is 2.19. The van der Waals surface area contributed by atoms with E-state index in [4.69, 9.17) is 0 Å². The molecule has 4 nitrogen and oxygen atoms in total. The Morgan fingerprint density at radius 1 is 1.45 bits per heavy atom. The molecule has 0 bridgehead atoms. The molecular weight excluding hydrogens is 312 g/mol. The van der Waals surface area contributed by atoms with Crippen LogP contribution in [-0.2, 0) is 16.6 Å². The highest BCUT2D eigenvalue weighted by Gasteiger charge is 2.35. The Hall–Kier alpha value is -0.0800. The summed E-state index contributed by atoms with van der Waals surface area (Å²) < 4.78 is 27.6. The Kier molecular flexibility index (Phi) is 5.53. The zero-order valence-electron chi connectivity index (χ0n) is 12.1. The Bertz CT molecular complexity index is 542. The molecule has 1 aliphatic heterocycles. The van der Waals surface area contributed by atoms with Gasteiger partial charge in [0, 0.05) is 30.1 Å². The SMILES string of the molecule is CCNCc1csc(S(=O)(=O)N2CCSC(C)C2C)c1. The third-order valence-corrected chi connectivity index (χ3v) is 8.39. The van der Waals surface area contributed by atoms with E-state index < -0.39 is 10.0 Å². The van der Waals surface area contributed by atoms with Crippen LogP contribution in [0.2, 0.25) is 0 Å². The van der Waals surface area contributed by atoms with Gasteiger partial charge in [0.25, 0.3) is 10.0 Å². The summed E-state index contributed by atoms with van der Waals surface area (Å²) in [6.07, 6.45) is 0. The van der Waals surface area contributed by atoms with E-state index in [9.17, 15) is 8.42 Å². The molecule has 2 unspecified atom stereocenters. The molecule has 0 spiro atoms. The van der Waals surface area contributed by atoms with Gasteiger partial charge in [-0.2, -0.15) is 16.1 Å². The van der Waals surface area contributed by atoms with Gasteiger partial charge in [-0.05, 0) is 30.5 Å². The van der Waals surface area contributed by atoms with Crippen molar-refractivity contribution >= 4 is 33.1 Å². The van der Waals surface area contributed by atoms with Crippen molar-refractivity contribution in [1.29, 1.82) is 0 Å². The van der Waals surface area contributed by atoms with E-state index in [2.05, 4.69) is 12.2 Å². The number of thioether (sulfide) groups is 1. The molecule has 1 fully saturated rings. The number of sulfonamides is 1. The van der Waals surface area contributed by atoms with Crippen molar-refractivity contribution < 1.29 is 8.42 Å². The summed E-state index contributed by atoms with van der Waals surface area (Å²) in [5.74, 6) is 0.875. The third-order valence-electron chi connectivity index (χ3n) is 3.60. The summed E-state index contributed by atoms with van der Waals surface area (Å²) in [5.41, 5.74) is 1.04. The quantitative estimate of drug-likeness (QED) is 0.898. The second-order valence-electron chi connectivity index (χ2n) is 4.99. The second kappa shape index (κ2) is 6.79. The predicted octanol–water partition coefficient (Wildman–Crippen LogP) is 2.37. The first-order chi connectivity index (χ1) is 9.46. The van der Waals surface area contributed by atoms with Crippen molar-refractivity contribution in [3.63, 3.8) is 0 Å². The minimum absolute atomic E-state index is 0.0538. The van der Waals surface area contributed by atoms with Gasteiger partial charge in [-0.1, -0.05) is 13.8 Å². The first kappa shape index (κ1) is 16.3. The lowest BCUT2D eigenvalue weighted by atomic mass is 10.2. The van der Waals surface area contributed by atoms with Crippen LogP contribution < -0.4 is 5.32 Å². The maximum absolute atomic E-state index is 12.7. The molecule has 2 atom stereocenters. The number of thiophene rings is 1. The van der Waals surface area contributed by atoms with Crippen LogP contribution in [-0.4, -0.2) is 42.9 Å². The fraction of sp³-hybridized carbons (Fsp3) is 0.692. The third kappa shape index (κ3) is 3.39. The van der Waals surface area contributed by atoms with Crippen LogP contribution in [0.15, 0.2) is 15.7 Å². The normalized spacial score (nSPS) is 24.9. The lowest BCUT2D eigenvalue weighted by molar-refractivity contribution is 0.341. The second-order valence-corrected chi connectivity index (χ2v) is 9.50. The van der Waals surface area contributed by atoms with Crippen LogP contribution in [0.1, 0.15) is 26.3 Å². The molecule has 114 valence electrons. The van der Waals surface area contributed by atoms with Crippen LogP contribution in [0.5, 0.6) is 0 Å². The number of hydrogen-bond donors (Lipinski definition) is 1. The highest BCUT2D eigenvalue weighted by molar-refractivity contribution is 8.00. The van der Waals surface area contributed by atoms with E-state index in [0.717, 1.165) is 24.4 Å². The molecule has 0 amide bonds. The molecule has 2 heterocycles. The fourth-order valence-electron chi connectivity index (χ4n) is 2.21. The van der Waals surface area contributed by atoms with Crippen molar-refractivity contribution in [1.82, 2.24) is 9.62 Å². The zero-order valence-corrected chi connectivity index (χ0v) is 14.6. The smallest absolute Gasteiger partial charge is 0.252 e.